The zero-order chi connectivity index (χ0) is 20.7. The number of nitrogens with zero attached hydrogens (tertiary/aromatic N) is 1. The molecule has 156 valence electrons. The number of benzene rings is 1. The number of rotatable bonds is 9. The molecule has 2 rings (SSSR count). The van der Waals surface area contributed by atoms with E-state index in [-0.39, 0.29) is 29.1 Å². The van der Waals surface area contributed by atoms with Gasteiger partial charge >= 0.3 is 0 Å². The predicted molar refractivity (Wildman–Crippen MR) is 116 cm³/mol. The molecular formula is C24H38N2O2. The topological polar surface area (TPSA) is 49.4 Å². The average Bonchev–Trinajstić information content (AvgIpc) is 3.16. The number of carbonyl (C=O) groups is 2. The molecule has 1 fully saturated rings. The maximum absolute atomic E-state index is 13.0. The molecule has 0 bridgehead atoms. The van der Waals surface area contributed by atoms with Crippen LogP contribution in [0.4, 0.5) is 0 Å². The summed E-state index contributed by atoms with van der Waals surface area (Å²) in [5.74, 6) is 0.200. The molecule has 0 saturated carbocycles. The third-order valence-electron chi connectivity index (χ3n) is 5.71. The molecule has 4 heteroatoms. The van der Waals surface area contributed by atoms with Crippen LogP contribution in [0.5, 0.6) is 0 Å². The van der Waals surface area contributed by atoms with Crippen LogP contribution in [0, 0.1) is 5.92 Å². The number of unbranched alkanes of at least 4 members (excludes halogenated alkanes) is 2. The van der Waals surface area contributed by atoms with Crippen molar-refractivity contribution >= 4 is 11.7 Å². The first kappa shape index (κ1) is 22.6. The van der Waals surface area contributed by atoms with Crippen molar-refractivity contribution in [3.05, 3.63) is 35.4 Å². The molecule has 1 N–H and O–H groups in total. The van der Waals surface area contributed by atoms with Gasteiger partial charge in [0.15, 0.2) is 5.78 Å². The van der Waals surface area contributed by atoms with Gasteiger partial charge in [0.1, 0.15) is 0 Å². The fourth-order valence-electron chi connectivity index (χ4n) is 3.74. The van der Waals surface area contributed by atoms with Gasteiger partial charge in [-0.3, -0.25) is 9.59 Å². The van der Waals surface area contributed by atoms with Gasteiger partial charge in [0.05, 0.1) is 6.04 Å². The van der Waals surface area contributed by atoms with Crippen LogP contribution in [-0.4, -0.2) is 42.3 Å². The second-order valence-corrected chi connectivity index (χ2v) is 9.12. The lowest BCUT2D eigenvalue weighted by Gasteiger charge is -2.25. The molecule has 2 atom stereocenters. The van der Waals surface area contributed by atoms with Crippen LogP contribution in [0.3, 0.4) is 0 Å². The highest BCUT2D eigenvalue weighted by atomic mass is 16.2. The van der Waals surface area contributed by atoms with E-state index >= 15 is 0 Å². The number of hydrogen-bond acceptors (Lipinski definition) is 3. The molecule has 1 amide bonds. The summed E-state index contributed by atoms with van der Waals surface area (Å²) in [5.41, 5.74) is 2.06. The molecule has 28 heavy (non-hydrogen) atoms. The minimum atomic E-state index is -0.225. The van der Waals surface area contributed by atoms with Gasteiger partial charge in [-0.25, -0.2) is 0 Å². The third kappa shape index (κ3) is 5.91. The van der Waals surface area contributed by atoms with Gasteiger partial charge < -0.3 is 10.2 Å². The largest absolute Gasteiger partial charge is 0.341 e. The van der Waals surface area contributed by atoms with Crippen LogP contribution in [-0.2, 0) is 10.2 Å². The Morgan fingerprint density at radius 2 is 1.61 bits per heavy atom. The summed E-state index contributed by atoms with van der Waals surface area (Å²) < 4.78 is 0. The fraction of sp³-hybridized carbons (Fsp3) is 0.667. The zero-order valence-electron chi connectivity index (χ0n) is 18.4. The second kappa shape index (κ2) is 10.2. The summed E-state index contributed by atoms with van der Waals surface area (Å²) in [7, 11) is 0. The highest BCUT2D eigenvalue weighted by Crippen LogP contribution is 2.25. The van der Waals surface area contributed by atoms with E-state index in [2.05, 4.69) is 52.1 Å². The first-order chi connectivity index (χ1) is 13.3. The van der Waals surface area contributed by atoms with Gasteiger partial charge in [-0.2, -0.15) is 0 Å². The monoisotopic (exact) mass is 386 g/mol. The third-order valence-corrected chi connectivity index (χ3v) is 5.71. The zero-order valence-corrected chi connectivity index (χ0v) is 18.4. The van der Waals surface area contributed by atoms with E-state index in [1.807, 2.05) is 17.0 Å². The molecule has 4 nitrogen and oxygen atoms in total. The van der Waals surface area contributed by atoms with Gasteiger partial charge in [0.2, 0.25) is 5.91 Å². The van der Waals surface area contributed by atoms with Crippen LogP contribution in [0.25, 0.3) is 0 Å². The van der Waals surface area contributed by atoms with Gasteiger partial charge in [-0.15, -0.1) is 0 Å². The molecule has 1 aromatic rings. The number of Topliss-reactive ketones (excluding diaryl/α,β-unsaturated/α-hetero) is 1. The molecule has 0 spiro atoms. The minimum Gasteiger partial charge on any atom is -0.341 e. The summed E-state index contributed by atoms with van der Waals surface area (Å²) in [5, 5.41) is 3.31. The minimum absolute atomic E-state index is 0.0778. The molecular weight excluding hydrogens is 348 g/mol. The van der Waals surface area contributed by atoms with Crippen molar-refractivity contribution in [1.82, 2.24) is 10.2 Å². The summed E-state index contributed by atoms with van der Waals surface area (Å²) in [6.45, 7) is 13.0. The summed E-state index contributed by atoms with van der Waals surface area (Å²) in [6.07, 6.45) is 4.84. The second-order valence-electron chi connectivity index (χ2n) is 9.12. The first-order valence-corrected chi connectivity index (χ1v) is 10.9. The Bertz CT molecular complexity index is 638. The van der Waals surface area contributed by atoms with E-state index in [0.29, 0.717) is 13.0 Å². The lowest BCUT2D eigenvalue weighted by molar-refractivity contribution is -0.133. The Hall–Kier alpha value is -1.68. The summed E-state index contributed by atoms with van der Waals surface area (Å²) in [4.78, 5) is 27.9. The number of amides is 1. The van der Waals surface area contributed by atoms with E-state index in [9.17, 15) is 9.59 Å². The smallest absolute Gasteiger partial charge is 0.239 e. The normalized spacial score (nSPS) is 19.6. The van der Waals surface area contributed by atoms with E-state index in [1.165, 1.54) is 5.56 Å². The van der Waals surface area contributed by atoms with Crippen molar-refractivity contribution < 1.29 is 9.59 Å². The molecule has 0 aromatic heterocycles. The lowest BCUT2D eigenvalue weighted by Crippen LogP contribution is -2.44. The summed E-state index contributed by atoms with van der Waals surface area (Å²) >= 11 is 0. The van der Waals surface area contributed by atoms with Crippen molar-refractivity contribution in [2.24, 2.45) is 5.92 Å². The van der Waals surface area contributed by atoms with Crippen LogP contribution >= 0.6 is 0 Å². The van der Waals surface area contributed by atoms with Crippen molar-refractivity contribution in [2.45, 2.75) is 78.2 Å². The predicted octanol–water partition coefficient (Wildman–Crippen LogP) is 4.57. The van der Waals surface area contributed by atoms with Crippen molar-refractivity contribution in [3.8, 4) is 0 Å². The Labute approximate surface area is 171 Å². The van der Waals surface area contributed by atoms with E-state index in [4.69, 9.17) is 0 Å². The van der Waals surface area contributed by atoms with E-state index in [1.54, 1.807) is 0 Å². The molecule has 1 aromatic carbocycles. The van der Waals surface area contributed by atoms with Gasteiger partial charge in [0, 0.05) is 31.1 Å². The number of carbonyl (C=O) groups excluding carboxylic acids is 2. The number of hydrogen-bond donors (Lipinski definition) is 1. The standard InChI is InChI=1S/C24H38N2O2/c1-6-8-14-26(15-9-7-2)23(28)21-16-19(17-25-21)22(27)18-10-12-20(13-11-18)24(3,4)5/h10-13,19,21,25H,6-9,14-17H2,1-5H3. The van der Waals surface area contributed by atoms with Crippen LogP contribution in [0.15, 0.2) is 24.3 Å². The molecule has 1 aliphatic rings. The Balaban J connectivity index is 1.99. The Morgan fingerprint density at radius 1 is 1.04 bits per heavy atom. The highest BCUT2D eigenvalue weighted by Gasteiger charge is 2.35. The first-order valence-electron chi connectivity index (χ1n) is 10.9. The Kier molecular flexibility index (Phi) is 8.23. The average molecular weight is 387 g/mol. The molecule has 1 saturated heterocycles. The SMILES string of the molecule is CCCCN(CCCC)C(=O)C1CC(C(=O)c2ccc(C(C)(C)C)cc2)CN1. The van der Waals surface area contributed by atoms with Crippen LogP contribution in [0.1, 0.15) is 82.6 Å². The summed E-state index contributed by atoms with van der Waals surface area (Å²) in [6, 6.07) is 7.75. The van der Waals surface area contributed by atoms with Crippen molar-refractivity contribution in [3.63, 3.8) is 0 Å². The van der Waals surface area contributed by atoms with Gasteiger partial charge in [-0.05, 0) is 30.2 Å². The highest BCUT2D eigenvalue weighted by molar-refractivity contribution is 5.99. The fourth-order valence-corrected chi connectivity index (χ4v) is 3.74. The Morgan fingerprint density at radius 3 is 2.11 bits per heavy atom. The number of nitrogens with one attached hydrogen (secondary N) is 1. The van der Waals surface area contributed by atoms with Crippen molar-refractivity contribution in [1.29, 1.82) is 0 Å². The molecule has 0 aliphatic carbocycles. The van der Waals surface area contributed by atoms with E-state index < -0.39 is 0 Å². The van der Waals surface area contributed by atoms with Gasteiger partial charge in [0.25, 0.3) is 0 Å². The lowest BCUT2D eigenvalue weighted by atomic mass is 9.85. The molecule has 1 aliphatic heterocycles. The molecule has 2 unspecified atom stereocenters. The van der Waals surface area contributed by atoms with E-state index in [0.717, 1.165) is 44.3 Å². The van der Waals surface area contributed by atoms with Crippen LogP contribution in [0.2, 0.25) is 0 Å². The maximum atomic E-state index is 13.0. The van der Waals surface area contributed by atoms with Gasteiger partial charge in [-0.1, -0.05) is 71.7 Å². The number of ketones is 1. The molecule has 1 heterocycles. The van der Waals surface area contributed by atoms with Crippen molar-refractivity contribution in [2.75, 3.05) is 19.6 Å². The molecule has 0 radical (unpaired) electrons. The maximum Gasteiger partial charge on any atom is 0.239 e. The van der Waals surface area contributed by atoms with Crippen LogP contribution < -0.4 is 5.32 Å². The quantitative estimate of drug-likeness (QED) is 0.632.